The molecule has 3 aromatic rings. The fourth-order valence-corrected chi connectivity index (χ4v) is 2.99. The lowest BCUT2D eigenvalue weighted by atomic mass is 10.0. The van der Waals surface area contributed by atoms with Crippen molar-refractivity contribution in [3.63, 3.8) is 0 Å². The smallest absolute Gasteiger partial charge is 0.335 e. The predicted molar refractivity (Wildman–Crippen MR) is 93.2 cm³/mol. The second-order valence-electron chi connectivity index (χ2n) is 5.47. The van der Waals surface area contributed by atoms with Crippen LogP contribution in [0.5, 0.6) is 11.5 Å². The largest absolute Gasteiger partial charge is 0.493 e. The van der Waals surface area contributed by atoms with Gasteiger partial charge in [0.2, 0.25) is 0 Å². The van der Waals surface area contributed by atoms with Gasteiger partial charge < -0.3 is 19.6 Å². The zero-order valence-electron chi connectivity index (χ0n) is 13.8. The molecule has 0 bridgehead atoms. The van der Waals surface area contributed by atoms with E-state index in [4.69, 9.17) is 9.47 Å². The lowest BCUT2D eigenvalue weighted by Gasteiger charge is -2.10. The molecule has 1 heterocycles. The third-order valence-electron chi connectivity index (χ3n) is 4.18. The highest BCUT2D eigenvalue weighted by atomic mass is 16.5. The summed E-state index contributed by atoms with van der Waals surface area (Å²) in [5.41, 5.74) is 4.23. The molecule has 0 atom stereocenters. The maximum atomic E-state index is 11.2. The zero-order valence-corrected chi connectivity index (χ0v) is 13.8. The van der Waals surface area contributed by atoms with Gasteiger partial charge in [0.1, 0.15) is 0 Å². The SMILES string of the molecule is CCc1c(-c2ccc(OC)c(OC)c2)[nH]c2ccc(C(=O)O)cc12. The summed E-state index contributed by atoms with van der Waals surface area (Å²) in [6.07, 6.45) is 0.784. The summed E-state index contributed by atoms with van der Waals surface area (Å²) < 4.78 is 10.7. The number of rotatable bonds is 5. The van der Waals surface area contributed by atoms with Crippen molar-refractivity contribution >= 4 is 16.9 Å². The van der Waals surface area contributed by atoms with Gasteiger partial charge in [-0.25, -0.2) is 4.79 Å². The summed E-state index contributed by atoms with van der Waals surface area (Å²) >= 11 is 0. The number of nitrogens with one attached hydrogen (secondary N) is 1. The number of carboxylic acid groups (broad SMARTS) is 1. The lowest BCUT2D eigenvalue weighted by molar-refractivity contribution is 0.0697. The summed E-state index contributed by atoms with van der Waals surface area (Å²) in [6, 6.07) is 10.9. The highest BCUT2D eigenvalue weighted by molar-refractivity contribution is 5.97. The molecule has 0 amide bonds. The van der Waals surface area contributed by atoms with Crippen molar-refractivity contribution in [2.45, 2.75) is 13.3 Å². The first-order valence-corrected chi connectivity index (χ1v) is 7.69. The van der Waals surface area contributed by atoms with Crippen LogP contribution in [-0.4, -0.2) is 30.3 Å². The van der Waals surface area contributed by atoms with Gasteiger partial charge in [0.25, 0.3) is 0 Å². The second kappa shape index (κ2) is 6.28. The Hall–Kier alpha value is -2.95. The number of hydrogen-bond acceptors (Lipinski definition) is 3. The van der Waals surface area contributed by atoms with Crippen molar-refractivity contribution in [2.75, 3.05) is 14.2 Å². The molecule has 5 nitrogen and oxygen atoms in total. The van der Waals surface area contributed by atoms with E-state index in [2.05, 4.69) is 11.9 Å². The first kappa shape index (κ1) is 15.9. The van der Waals surface area contributed by atoms with Gasteiger partial charge >= 0.3 is 5.97 Å². The number of carbonyl (C=O) groups is 1. The topological polar surface area (TPSA) is 71.5 Å². The van der Waals surface area contributed by atoms with Gasteiger partial charge in [0.15, 0.2) is 11.5 Å². The molecule has 0 aliphatic rings. The molecule has 0 spiro atoms. The molecule has 0 aliphatic heterocycles. The number of hydrogen-bond donors (Lipinski definition) is 2. The molecule has 0 unspecified atom stereocenters. The van der Waals surface area contributed by atoms with E-state index in [0.29, 0.717) is 11.5 Å². The van der Waals surface area contributed by atoms with Crippen LogP contribution in [0.15, 0.2) is 36.4 Å². The number of aromatic carboxylic acids is 1. The standard InChI is InChI=1S/C19H19NO4/c1-4-13-14-9-12(19(21)22)5-7-15(14)20-18(13)11-6-8-16(23-2)17(10-11)24-3/h5-10,20H,4H2,1-3H3,(H,21,22). The average Bonchev–Trinajstić information content (AvgIpc) is 2.98. The Kier molecular flexibility index (Phi) is 4.16. The predicted octanol–water partition coefficient (Wildman–Crippen LogP) is 4.11. The minimum Gasteiger partial charge on any atom is -0.493 e. The summed E-state index contributed by atoms with van der Waals surface area (Å²) in [5, 5.41) is 10.1. The van der Waals surface area contributed by atoms with E-state index in [1.165, 1.54) is 0 Å². The van der Waals surface area contributed by atoms with Crippen molar-refractivity contribution in [2.24, 2.45) is 0 Å². The average molecular weight is 325 g/mol. The highest BCUT2D eigenvalue weighted by Crippen LogP contribution is 2.36. The van der Waals surface area contributed by atoms with E-state index in [9.17, 15) is 9.90 Å². The number of H-pyrrole nitrogens is 1. The molecule has 0 saturated heterocycles. The van der Waals surface area contributed by atoms with Crippen LogP contribution in [0.1, 0.15) is 22.8 Å². The minimum absolute atomic E-state index is 0.287. The first-order chi connectivity index (χ1) is 11.6. The molecule has 0 radical (unpaired) electrons. The third-order valence-corrected chi connectivity index (χ3v) is 4.18. The van der Waals surface area contributed by atoms with Crippen LogP contribution in [-0.2, 0) is 6.42 Å². The molecular formula is C19H19NO4. The molecule has 124 valence electrons. The number of fused-ring (bicyclic) bond motifs is 1. The number of aromatic nitrogens is 1. The van der Waals surface area contributed by atoms with Crippen LogP contribution in [0.25, 0.3) is 22.2 Å². The summed E-state index contributed by atoms with van der Waals surface area (Å²) in [4.78, 5) is 14.6. The fourth-order valence-electron chi connectivity index (χ4n) is 2.99. The molecule has 0 aliphatic carbocycles. The van der Waals surface area contributed by atoms with Gasteiger partial charge in [-0.2, -0.15) is 0 Å². The Labute approximate surface area is 139 Å². The number of carboxylic acids is 1. The Morgan fingerprint density at radius 3 is 2.46 bits per heavy atom. The van der Waals surface area contributed by atoms with E-state index in [-0.39, 0.29) is 5.56 Å². The van der Waals surface area contributed by atoms with Crippen LogP contribution in [0.2, 0.25) is 0 Å². The molecule has 24 heavy (non-hydrogen) atoms. The highest BCUT2D eigenvalue weighted by Gasteiger charge is 2.15. The van der Waals surface area contributed by atoms with Gasteiger partial charge in [0, 0.05) is 22.2 Å². The van der Waals surface area contributed by atoms with E-state index in [0.717, 1.165) is 34.1 Å². The fraction of sp³-hybridized carbons (Fsp3) is 0.211. The van der Waals surface area contributed by atoms with E-state index < -0.39 is 5.97 Å². The molecule has 0 fully saturated rings. The Balaban J connectivity index is 2.21. The summed E-state index contributed by atoms with van der Waals surface area (Å²) in [5.74, 6) is 0.401. The van der Waals surface area contributed by atoms with Gasteiger partial charge in [-0.05, 0) is 48.4 Å². The van der Waals surface area contributed by atoms with Gasteiger partial charge in [0.05, 0.1) is 19.8 Å². The third kappa shape index (κ3) is 2.58. The van der Waals surface area contributed by atoms with Gasteiger partial charge in [-0.1, -0.05) is 6.92 Å². The Morgan fingerprint density at radius 2 is 1.83 bits per heavy atom. The minimum atomic E-state index is -0.923. The van der Waals surface area contributed by atoms with Crippen LogP contribution in [0.4, 0.5) is 0 Å². The monoisotopic (exact) mass is 325 g/mol. The Morgan fingerprint density at radius 1 is 1.08 bits per heavy atom. The summed E-state index contributed by atoms with van der Waals surface area (Å²) in [7, 11) is 3.21. The quantitative estimate of drug-likeness (QED) is 0.740. The first-order valence-electron chi connectivity index (χ1n) is 7.69. The molecule has 2 N–H and O–H groups in total. The zero-order chi connectivity index (χ0) is 17.3. The van der Waals surface area contributed by atoms with Gasteiger partial charge in [-0.15, -0.1) is 0 Å². The number of ether oxygens (including phenoxy) is 2. The maximum Gasteiger partial charge on any atom is 0.335 e. The molecular weight excluding hydrogens is 306 g/mol. The maximum absolute atomic E-state index is 11.2. The molecule has 2 aromatic carbocycles. The molecule has 0 saturated carbocycles. The number of benzene rings is 2. The van der Waals surface area contributed by atoms with Crippen LogP contribution < -0.4 is 9.47 Å². The van der Waals surface area contributed by atoms with Crippen molar-refractivity contribution in [3.05, 3.63) is 47.5 Å². The van der Waals surface area contributed by atoms with E-state index >= 15 is 0 Å². The molecule has 1 aromatic heterocycles. The van der Waals surface area contributed by atoms with Gasteiger partial charge in [-0.3, -0.25) is 0 Å². The molecule has 5 heteroatoms. The number of aromatic amines is 1. The number of methoxy groups -OCH3 is 2. The normalized spacial score (nSPS) is 10.8. The Bertz CT molecular complexity index is 911. The van der Waals surface area contributed by atoms with Crippen molar-refractivity contribution in [3.8, 4) is 22.8 Å². The van der Waals surface area contributed by atoms with Crippen molar-refractivity contribution in [1.82, 2.24) is 4.98 Å². The number of aryl methyl sites for hydroxylation is 1. The second-order valence-corrected chi connectivity index (χ2v) is 5.47. The van der Waals surface area contributed by atoms with Crippen LogP contribution in [0, 0.1) is 0 Å². The summed E-state index contributed by atoms with van der Waals surface area (Å²) in [6.45, 7) is 2.06. The van der Waals surface area contributed by atoms with Crippen molar-refractivity contribution in [1.29, 1.82) is 0 Å². The van der Waals surface area contributed by atoms with Crippen molar-refractivity contribution < 1.29 is 19.4 Å². The van der Waals surface area contributed by atoms with Crippen LogP contribution in [0.3, 0.4) is 0 Å². The molecule has 3 rings (SSSR count). The van der Waals surface area contributed by atoms with Crippen LogP contribution >= 0.6 is 0 Å². The van der Waals surface area contributed by atoms with E-state index in [1.54, 1.807) is 26.4 Å². The lowest BCUT2D eigenvalue weighted by Crippen LogP contribution is -1.95. The van der Waals surface area contributed by atoms with E-state index in [1.807, 2.05) is 24.3 Å².